The maximum Gasteiger partial charge on any atom is 0.0674 e. The van der Waals surface area contributed by atoms with Gasteiger partial charge in [-0.3, -0.25) is 4.90 Å². The molecule has 1 heterocycles. The Hall–Kier alpha value is -0.770. The van der Waals surface area contributed by atoms with Crippen LogP contribution in [0.3, 0.4) is 0 Å². The van der Waals surface area contributed by atoms with Crippen LogP contribution >= 0.6 is 11.6 Å². The molecule has 0 radical (unpaired) electrons. The topological polar surface area (TPSA) is 38.5 Å². The Bertz CT molecular complexity index is 411. The van der Waals surface area contributed by atoms with Crippen molar-refractivity contribution in [2.45, 2.75) is 39.0 Å². The van der Waals surface area contributed by atoms with Gasteiger partial charge in [0.1, 0.15) is 0 Å². The average molecular weight is 269 g/mol. The van der Waals surface area contributed by atoms with Crippen LogP contribution in [0.2, 0.25) is 5.02 Å². The summed E-state index contributed by atoms with van der Waals surface area (Å²) in [5.74, 6) is 0. The SMILES string of the molecule is CCC1COC(C)CN1Cc1cc(Cl)ccc1N. The molecule has 1 aliphatic rings. The molecule has 2 unspecified atom stereocenters. The van der Waals surface area contributed by atoms with Gasteiger partial charge in [-0.15, -0.1) is 0 Å². The standard InChI is InChI=1S/C14H21ClN2O/c1-3-13-9-18-10(2)7-17(13)8-11-6-12(15)4-5-14(11)16/h4-6,10,13H,3,7-9,16H2,1-2H3. The molecule has 2 N–H and O–H groups in total. The van der Waals surface area contributed by atoms with Gasteiger partial charge < -0.3 is 10.5 Å². The quantitative estimate of drug-likeness (QED) is 0.857. The number of ether oxygens (including phenoxy) is 1. The Morgan fingerprint density at radius 1 is 1.50 bits per heavy atom. The van der Waals surface area contributed by atoms with Crippen LogP contribution in [0.15, 0.2) is 18.2 Å². The van der Waals surface area contributed by atoms with Gasteiger partial charge in [0.15, 0.2) is 0 Å². The molecule has 0 saturated carbocycles. The highest BCUT2D eigenvalue weighted by Crippen LogP contribution is 2.23. The normalized spacial score (nSPS) is 25.3. The van der Waals surface area contributed by atoms with Gasteiger partial charge in [0.05, 0.1) is 12.7 Å². The van der Waals surface area contributed by atoms with E-state index in [2.05, 4.69) is 18.7 Å². The second-order valence-electron chi connectivity index (χ2n) is 4.98. The Morgan fingerprint density at radius 3 is 3.00 bits per heavy atom. The van der Waals surface area contributed by atoms with Gasteiger partial charge in [0.2, 0.25) is 0 Å². The molecule has 4 heteroatoms. The Balaban J connectivity index is 2.12. The molecule has 1 aliphatic heterocycles. The molecule has 0 spiro atoms. The molecule has 1 aromatic carbocycles. The zero-order chi connectivity index (χ0) is 13.1. The largest absolute Gasteiger partial charge is 0.398 e. The van der Waals surface area contributed by atoms with Crippen molar-refractivity contribution in [1.82, 2.24) is 4.90 Å². The van der Waals surface area contributed by atoms with Gasteiger partial charge in [-0.05, 0) is 37.1 Å². The lowest BCUT2D eigenvalue weighted by Crippen LogP contribution is -2.47. The maximum absolute atomic E-state index is 6.03. The highest BCUT2D eigenvalue weighted by Gasteiger charge is 2.25. The number of halogens is 1. The molecule has 0 aliphatic carbocycles. The lowest BCUT2D eigenvalue weighted by molar-refractivity contribution is -0.0591. The number of benzene rings is 1. The van der Waals surface area contributed by atoms with Crippen LogP contribution in [-0.4, -0.2) is 30.2 Å². The predicted molar refractivity (Wildman–Crippen MR) is 75.8 cm³/mol. The first-order valence-corrected chi connectivity index (χ1v) is 6.87. The Kier molecular flexibility index (Phi) is 4.49. The van der Waals surface area contributed by atoms with Gasteiger partial charge in [-0.25, -0.2) is 0 Å². The minimum Gasteiger partial charge on any atom is -0.398 e. The number of rotatable bonds is 3. The van der Waals surface area contributed by atoms with Gasteiger partial charge >= 0.3 is 0 Å². The molecule has 1 fully saturated rings. The molecular weight excluding hydrogens is 248 g/mol. The number of morpholine rings is 1. The summed E-state index contributed by atoms with van der Waals surface area (Å²) in [6.45, 7) is 6.90. The first kappa shape index (κ1) is 13.7. The van der Waals surface area contributed by atoms with E-state index in [1.165, 1.54) is 0 Å². The summed E-state index contributed by atoms with van der Waals surface area (Å²) in [5.41, 5.74) is 7.93. The molecule has 2 rings (SSSR count). The summed E-state index contributed by atoms with van der Waals surface area (Å²) in [4.78, 5) is 2.44. The van der Waals surface area contributed by atoms with E-state index in [-0.39, 0.29) is 6.10 Å². The fourth-order valence-electron chi connectivity index (χ4n) is 2.41. The highest BCUT2D eigenvalue weighted by atomic mass is 35.5. The number of hydrogen-bond donors (Lipinski definition) is 1. The molecule has 18 heavy (non-hydrogen) atoms. The molecule has 2 atom stereocenters. The monoisotopic (exact) mass is 268 g/mol. The molecule has 1 aromatic rings. The summed E-state index contributed by atoms with van der Waals surface area (Å²) >= 11 is 6.03. The number of hydrogen-bond acceptors (Lipinski definition) is 3. The van der Waals surface area contributed by atoms with Crippen molar-refractivity contribution >= 4 is 17.3 Å². The van der Waals surface area contributed by atoms with Crippen molar-refractivity contribution in [3.8, 4) is 0 Å². The van der Waals surface area contributed by atoms with Crippen molar-refractivity contribution in [2.75, 3.05) is 18.9 Å². The Labute approximate surface area is 114 Å². The summed E-state index contributed by atoms with van der Waals surface area (Å²) in [6, 6.07) is 6.14. The third-order valence-corrected chi connectivity index (χ3v) is 3.77. The first-order valence-electron chi connectivity index (χ1n) is 6.49. The van der Waals surface area contributed by atoms with Crippen molar-refractivity contribution in [3.63, 3.8) is 0 Å². The average Bonchev–Trinajstić information content (AvgIpc) is 2.34. The molecular formula is C14H21ClN2O. The van der Waals surface area contributed by atoms with E-state index in [1.807, 2.05) is 18.2 Å². The minimum atomic E-state index is 0.285. The summed E-state index contributed by atoms with van der Waals surface area (Å²) in [7, 11) is 0. The van der Waals surface area contributed by atoms with E-state index in [9.17, 15) is 0 Å². The molecule has 0 amide bonds. The van der Waals surface area contributed by atoms with E-state index in [0.29, 0.717) is 6.04 Å². The van der Waals surface area contributed by atoms with Gasteiger partial charge in [-0.2, -0.15) is 0 Å². The van der Waals surface area contributed by atoms with E-state index < -0.39 is 0 Å². The fraction of sp³-hybridized carbons (Fsp3) is 0.571. The molecule has 0 aromatic heterocycles. The summed E-state index contributed by atoms with van der Waals surface area (Å²) < 4.78 is 5.70. The Morgan fingerprint density at radius 2 is 2.28 bits per heavy atom. The van der Waals surface area contributed by atoms with E-state index in [4.69, 9.17) is 22.1 Å². The van der Waals surface area contributed by atoms with Crippen LogP contribution in [0.4, 0.5) is 5.69 Å². The number of nitrogen functional groups attached to an aromatic ring is 1. The van der Waals surface area contributed by atoms with Crippen LogP contribution < -0.4 is 5.73 Å². The van der Waals surface area contributed by atoms with Crippen LogP contribution in [0, 0.1) is 0 Å². The van der Waals surface area contributed by atoms with Crippen molar-refractivity contribution in [1.29, 1.82) is 0 Å². The van der Waals surface area contributed by atoms with Crippen LogP contribution in [0.5, 0.6) is 0 Å². The van der Waals surface area contributed by atoms with Gasteiger partial charge in [0.25, 0.3) is 0 Å². The number of anilines is 1. The van der Waals surface area contributed by atoms with Gasteiger partial charge in [0, 0.05) is 29.8 Å². The molecule has 100 valence electrons. The van der Waals surface area contributed by atoms with Crippen molar-refractivity contribution < 1.29 is 4.74 Å². The first-order chi connectivity index (χ1) is 8.60. The van der Waals surface area contributed by atoms with E-state index in [1.54, 1.807) is 0 Å². The zero-order valence-electron chi connectivity index (χ0n) is 11.0. The van der Waals surface area contributed by atoms with E-state index in [0.717, 1.165) is 42.4 Å². The number of nitrogens with zero attached hydrogens (tertiary/aromatic N) is 1. The predicted octanol–water partition coefficient (Wildman–Crippen LogP) is 2.92. The van der Waals surface area contributed by atoms with Crippen molar-refractivity contribution in [3.05, 3.63) is 28.8 Å². The lowest BCUT2D eigenvalue weighted by atomic mass is 10.1. The van der Waals surface area contributed by atoms with Gasteiger partial charge in [-0.1, -0.05) is 18.5 Å². The van der Waals surface area contributed by atoms with Crippen LogP contribution in [-0.2, 0) is 11.3 Å². The molecule has 3 nitrogen and oxygen atoms in total. The second-order valence-corrected chi connectivity index (χ2v) is 5.42. The fourth-order valence-corrected chi connectivity index (χ4v) is 2.61. The van der Waals surface area contributed by atoms with Crippen LogP contribution in [0.25, 0.3) is 0 Å². The summed E-state index contributed by atoms with van der Waals surface area (Å²) in [6.07, 6.45) is 1.38. The molecule has 0 bridgehead atoms. The summed E-state index contributed by atoms with van der Waals surface area (Å²) in [5, 5.41) is 0.744. The third-order valence-electron chi connectivity index (χ3n) is 3.53. The van der Waals surface area contributed by atoms with E-state index >= 15 is 0 Å². The third kappa shape index (κ3) is 3.16. The smallest absolute Gasteiger partial charge is 0.0674 e. The lowest BCUT2D eigenvalue weighted by Gasteiger charge is -2.38. The molecule has 1 saturated heterocycles. The second kappa shape index (κ2) is 5.91. The number of nitrogens with two attached hydrogens (primary N) is 1. The zero-order valence-corrected chi connectivity index (χ0v) is 11.8. The van der Waals surface area contributed by atoms with Crippen LogP contribution in [0.1, 0.15) is 25.8 Å². The minimum absolute atomic E-state index is 0.285. The highest BCUT2D eigenvalue weighted by molar-refractivity contribution is 6.30. The maximum atomic E-state index is 6.03. The van der Waals surface area contributed by atoms with Crippen molar-refractivity contribution in [2.24, 2.45) is 0 Å².